The molecule has 24 heavy (non-hydrogen) atoms. The first-order valence-corrected chi connectivity index (χ1v) is 10.1. The van der Waals surface area contributed by atoms with Crippen molar-refractivity contribution in [3.05, 3.63) is 35.9 Å². The third-order valence-electron chi connectivity index (χ3n) is 4.54. The van der Waals surface area contributed by atoms with Gasteiger partial charge in [-0.25, -0.2) is 8.42 Å². The Hall–Kier alpha value is -1.44. The van der Waals surface area contributed by atoms with Gasteiger partial charge in [0.05, 0.1) is 6.26 Å². The summed E-state index contributed by atoms with van der Waals surface area (Å²) < 4.78 is 25.8. The van der Waals surface area contributed by atoms with Crippen LogP contribution in [0, 0.1) is 0 Å². The average Bonchev–Trinajstić information content (AvgIpc) is 2.55. The van der Waals surface area contributed by atoms with Gasteiger partial charge in [-0.2, -0.15) is 4.31 Å². The lowest BCUT2D eigenvalue weighted by molar-refractivity contribution is -0.132. The van der Waals surface area contributed by atoms with Gasteiger partial charge in [0.1, 0.15) is 0 Å². The number of hydrogen-bond acceptors (Lipinski definition) is 4. The van der Waals surface area contributed by atoms with Crippen molar-refractivity contribution in [3.8, 4) is 0 Å². The van der Waals surface area contributed by atoms with Crippen LogP contribution in [0.15, 0.2) is 30.3 Å². The zero-order chi connectivity index (χ0) is 17.7. The molecule has 0 saturated carbocycles. The fourth-order valence-electron chi connectivity index (χ4n) is 2.96. The molecule has 1 aromatic carbocycles. The Labute approximate surface area is 145 Å². The molecule has 6 nitrogen and oxygen atoms in total. The second-order valence-corrected chi connectivity index (χ2v) is 8.33. The van der Waals surface area contributed by atoms with Crippen molar-refractivity contribution < 1.29 is 13.2 Å². The molecule has 1 heterocycles. The van der Waals surface area contributed by atoms with E-state index in [1.54, 1.807) is 0 Å². The van der Waals surface area contributed by atoms with Gasteiger partial charge in [-0.15, -0.1) is 0 Å². The zero-order valence-electron chi connectivity index (χ0n) is 14.7. The molecule has 7 heteroatoms. The monoisotopic (exact) mass is 353 g/mol. The van der Waals surface area contributed by atoms with E-state index in [9.17, 15) is 13.2 Å². The van der Waals surface area contributed by atoms with Crippen LogP contribution in [0.5, 0.6) is 0 Å². The number of rotatable bonds is 6. The van der Waals surface area contributed by atoms with Crippen molar-refractivity contribution in [2.75, 3.05) is 46.0 Å². The Balaban J connectivity index is 2.01. The third-order valence-corrected chi connectivity index (χ3v) is 5.89. The van der Waals surface area contributed by atoms with E-state index in [2.05, 4.69) is 4.90 Å². The molecule has 0 radical (unpaired) electrons. The molecule has 1 unspecified atom stereocenters. The van der Waals surface area contributed by atoms with Gasteiger partial charge in [0, 0.05) is 45.2 Å². The van der Waals surface area contributed by atoms with E-state index in [1.807, 2.05) is 49.2 Å². The van der Waals surface area contributed by atoms with Gasteiger partial charge in [-0.1, -0.05) is 30.3 Å². The number of piperazine rings is 1. The van der Waals surface area contributed by atoms with Crippen LogP contribution in [0.2, 0.25) is 0 Å². The summed E-state index contributed by atoms with van der Waals surface area (Å²) in [5.41, 5.74) is 0.926. The molecule has 1 aliphatic rings. The lowest BCUT2D eigenvalue weighted by Crippen LogP contribution is -2.48. The van der Waals surface area contributed by atoms with Gasteiger partial charge in [0.15, 0.2) is 0 Å². The van der Waals surface area contributed by atoms with Crippen molar-refractivity contribution in [1.82, 2.24) is 14.1 Å². The predicted molar refractivity (Wildman–Crippen MR) is 95.1 cm³/mol. The molecular weight excluding hydrogens is 326 g/mol. The number of amides is 1. The Morgan fingerprint density at radius 3 is 2.29 bits per heavy atom. The Morgan fingerprint density at radius 1 is 1.17 bits per heavy atom. The van der Waals surface area contributed by atoms with E-state index in [1.165, 1.54) is 10.6 Å². The molecule has 1 aliphatic heterocycles. The van der Waals surface area contributed by atoms with Crippen molar-refractivity contribution in [1.29, 1.82) is 0 Å². The van der Waals surface area contributed by atoms with Crippen LogP contribution in [0.25, 0.3) is 0 Å². The molecule has 1 fully saturated rings. The molecule has 1 saturated heterocycles. The van der Waals surface area contributed by atoms with Gasteiger partial charge in [0.25, 0.3) is 0 Å². The van der Waals surface area contributed by atoms with Crippen LogP contribution in [-0.2, 0) is 14.8 Å². The number of nitrogens with zero attached hydrogens (tertiary/aromatic N) is 3. The van der Waals surface area contributed by atoms with E-state index in [0.29, 0.717) is 13.1 Å². The predicted octanol–water partition coefficient (Wildman–Crippen LogP) is 1.17. The summed E-state index contributed by atoms with van der Waals surface area (Å²) in [4.78, 5) is 16.4. The highest BCUT2D eigenvalue weighted by Crippen LogP contribution is 2.23. The lowest BCUT2D eigenvalue weighted by Gasteiger charge is -2.33. The van der Waals surface area contributed by atoms with E-state index < -0.39 is 10.0 Å². The standard InChI is InChI=1S/C17H27N3O3S/c1-15(16-7-5-4-6-8-16)20(24(3,22)23)10-9-17(21)19-13-11-18(2)12-14-19/h4-8,15H,9-14H2,1-3H3. The van der Waals surface area contributed by atoms with E-state index in [4.69, 9.17) is 0 Å². The molecule has 1 atom stereocenters. The number of benzene rings is 1. The molecule has 1 amide bonds. The Morgan fingerprint density at radius 2 is 1.75 bits per heavy atom. The smallest absolute Gasteiger partial charge is 0.223 e. The second kappa shape index (κ2) is 8.09. The molecule has 0 aromatic heterocycles. The minimum absolute atomic E-state index is 0.0250. The maximum atomic E-state index is 12.4. The minimum atomic E-state index is -3.39. The highest BCUT2D eigenvalue weighted by molar-refractivity contribution is 7.88. The fourth-order valence-corrected chi connectivity index (χ4v) is 4.08. The Bertz CT molecular complexity index is 640. The van der Waals surface area contributed by atoms with E-state index in [-0.39, 0.29) is 24.9 Å². The van der Waals surface area contributed by atoms with Gasteiger partial charge < -0.3 is 9.80 Å². The van der Waals surface area contributed by atoms with Crippen molar-refractivity contribution in [2.45, 2.75) is 19.4 Å². The average molecular weight is 353 g/mol. The lowest BCUT2D eigenvalue weighted by atomic mass is 10.1. The van der Waals surface area contributed by atoms with Crippen LogP contribution >= 0.6 is 0 Å². The highest BCUT2D eigenvalue weighted by atomic mass is 32.2. The van der Waals surface area contributed by atoms with Crippen LogP contribution in [0.4, 0.5) is 0 Å². The topological polar surface area (TPSA) is 60.9 Å². The highest BCUT2D eigenvalue weighted by Gasteiger charge is 2.26. The van der Waals surface area contributed by atoms with Crippen molar-refractivity contribution in [3.63, 3.8) is 0 Å². The zero-order valence-corrected chi connectivity index (χ0v) is 15.5. The second-order valence-electron chi connectivity index (χ2n) is 6.39. The third kappa shape index (κ3) is 5.03. The maximum Gasteiger partial charge on any atom is 0.223 e. The van der Waals surface area contributed by atoms with Gasteiger partial charge in [-0.3, -0.25) is 4.79 Å². The maximum absolute atomic E-state index is 12.4. The number of hydrogen-bond donors (Lipinski definition) is 0. The van der Waals surface area contributed by atoms with Gasteiger partial charge in [0.2, 0.25) is 15.9 Å². The largest absolute Gasteiger partial charge is 0.340 e. The van der Waals surface area contributed by atoms with Crippen LogP contribution in [0.3, 0.4) is 0 Å². The molecule has 0 N–H and O–H groups in total. The molecular formula is C17H27N3O3S. The van der Waals surface area contributed by atoms with Crippen LogP contribution in [0.1, 0.15) is 24.9 Å². The van der Waals surface area contributed by atoms with E-state index in [0.717, 1.165) is 18.7 Å². The van der Waals surface area contributed by atoms with Crippen molar-refractivity contribution >= 4 is 15.9 Å². The first kappa shape index (κ1) is 18.9. The number of carbonyl (C=O) groups is 1. The normalized spacial score (nSPS) is 17.9. The molecule has 2 rings (SSSR count). The van der Waals surface area contributed by atoms with Crippen LogP contribution < -0.4 is 0 Å². The summed E-state index contributed by atoms with van der Waals surface area (Å²) in [6, 6.07) is 9.21. The molecule has 0 spiro atoms. The number of carbonyl (C=O) groups excluding carboxylic acids is 1. The molecule has 1 aromatic rings. The van der Waals surface area contributed by atoms with Gasteiger partial charge >= 0.3 is 0 Å². The summed E-state index contributed by atoms with van der Waals surface area (Å²) >= 11 is 0. The summed E-state index contributed by atoms with van der Waals surface area (Å²) in [6.45, 7) is 5.21. The van der Waals surface area contributed by atoms with E-state index >= 15 is 0 Å². The molecule has 0 aliphatic carbocycles. The fraction of sp³-hybridized carbons (Fsp3) is 0.588. The first-order chi connectivity index (χ1) is 11.3. The SMILES string of the molecule is CC(c1ccccc1)N(CCC(=O)N1CCN(C)CC1)S(C)(=O)=O. The molecule has 0 bridgehead atoms. The summed E-state index contributed by atoms with van der Waals surface area (Å²) in [7, 11) is -1.36. The Kier molecular flexibility index (Phi) is 6.37. The summed E-state index contributed by atoms with van der Waals surface area (Å²) in [5.74, 6) is 0.0250. The summed E-state index contributed by atoms with van der Waals surface area (Å²) in [6.07, 6.45) is 1.42. The van der Waals surface area contributed by atoms with Gasteiger partial charge in [-0.05, 0) is 19.5 Å². The quantitative estimate of drug-likeness (QED) is 0.770. The van der Waals surface area contributed by atoms with Crippen molar-refractivity contribution in [2.24, 2.45) is 0 Å². The summed E-state index contributed by atoms with van der Waals surface area (Å²) in [5, 5.41) is 0. The number of likely N-dealkylation sites (N-methyl/N-ethyl adjacent to an activating group) is 1. The molecule has 134 valence electrons. The minimum Gasteiger partial charge on any atom is -0.340 e. The first-order valence-electron chi connectivity index (χ1n) is 8.27. The number of sulfonamides is 1. The van der Waals surface area contributed by atoms with Crippen LogP contribution in [-0.4, -0.2) is 74.5 Å².